The van der Waals surface area contributed by atoms with E-state index in [4.69, 9.17) is 31.4 Å². The Kier molecular flexibility index (Phi) is 8.72. The molecule has 1 saturated heterocycles. The molecule has 0 unspecified atom stereocenters. The Morgan fingerprint density at radius 2 is 1.56 bits per heavy atom. The average molecular weight is 399 g/mol. The number of benzene rings is 1. The maximum Gasteiger partial charge on any atom is 0.414 e. The first-order valence-corrected chi connectivity index (χ1v) is 9.11. The standard InChI is InChI=1S/C17H25ClN2O.C2H2O4/c1-17(2,3)19-16(21)14-8-10-20(11-9-14)12-13-4-6-15(18)7-5-13;3-1(4)2(5)6/h4-7,14H,8-12H2,1-3H3,(H,19,21);(H,3,4)(H,5,6). The number of piperidine rings is 1. The van der Waals surface area contributed by atoms with Gasteiger partial charge in [-0.25, -0.2) is 9.59 Å². The van der Waals surface area contributed by atoms with Gasteiger partial charge in [0, 0.05) is 23.0 Å². The van der Waals surface area contributed by atoms with Gasteiger partial charge in [-0.1, -0.05) is 23.7 Å². The molecule has 8 heteroatoms. The second-order valence-corrected chi connectivity index (χ2v) is 7.96. The smallest absolute Gasteiger partial charge is 0.414 e. The zero-order valence-corrected chi connectivity index (χ0v) is 16.6. The van der Waals surface area contributed by atoms with Crippen molar-refractivity contribution in [2.75, 3.05) is 13.1 Å². The van der Waals surface area contributed by atoms with Gasteiger partial charge in [0.2, 0.25) is 5.91 Å². The molecule has 0 aliphatic carbocycles. The number of aliphatic carboxylic acids is 2. The van der Waals surface area contributed by atoms with Gasteiger partial charge in [-0.05, 0) is 64.4 Å². The van der Waals surface area contributed by atoms with E-state index >= 15 is 0 Å². The Bertz CT molecular complexity index is 635. The van der Waals surface area contributed by atoms with Crippen LogP contribution >= 0.6 is 11.6 Å². The second kappa shape index (κ2) is 10.3. The minimum Gasteiger partial charge on any atom is -0.473 e. The first-order chi connectivity index (χ1) is 12.5. The van der Waals surface area contributed by atoms with Crippen molar-refractivity contribution in [1.82, 2.24) is 10.2 Å². The van der Waals surface area contributed by atoms with Crippen LogP contribution in [-0.4, -0.2) is 51.6 Å². The molecule has 0 radical (unpaired) electrons. The monoisotopic (exact) mass is 398 g/mol. The Morgan fingerprint density at radius 3 is 1.96 bits per heavy atom. The van der Waals surface area contributed by atoms with Crippen molar-refractivity contribution in [3.63, 3.8) is 0 Å². The van der Waals surface area contributed by atoms with E-state index in [0.717, 1.165) is 37.5 Å². The highest BCUT2D eigenvalue weighted by atomic mass is 35.5. The maximum atomic E-state index is 12.2. The number of carbonyl (C=O) groups is 3. The Hall–Kier alpha value is -2.12. The summed E-state index contributed by atoms with van der Waals surface area (Å²) in [5.41, 5.74) is 1.13. The van der Waals surface area contributed by atoms with Gasteiger partial charge in [0.15, 0.2) is 0 Å². The summed E-state index contributed by atoms with van der Waals surface area (Å²) >= 11 is 5.90. The summed E-state index contributed by atoms with van der Waals surface area (Å²) in [7, 11) is 0. The average Bonchev–Trinajstić information content (AvgIpc) is 2.56. The van der Waals surface area contributed by atoms with E-state index in [1.54, 1.807) is 0 Å². The van der Waals surface area contributed by atoms with Crippen LogP contribution in [0.25, 0.3) is 0 Å². The summed E-state index contributed by atoms with van der Waals surface area (Å²) < 4.78 is 0. The summed E-state index contributed by atoms with van der Waals surface area (Å²) in [6, 6.07) is 8.00. The number of rotatable bonds is 3. The number of carboxylic acids is 2. The van der Waals surface area contributed by atoms with E-state index in [1.165, 1.54) is 5.56 Å². The molecule has 1 fully saturated rings. The largest absolute Gasteiger partial charge is 0.473 e. The lowest BCUT2D eigenvalue weighted by molar-refractivity contribution is -0.159. The molecule has 1 amide bonds. The zero-order chi connectivity index (χ0) is 20.6. The topological polar surface area (TPSA) is 107 Å². The molecule has 3 N–H and O–H groups in total. The minimum atomic E-state index is -1.82. The normalized spacial score (nSPS) is 15.4. The number of carbonyl (C=O) groups excluding carboxylic acids is 1. The van der Waals surface area contributed by atoms with Crippen molar-refractivity contribution in [2.24, 2.45) is 5.92 Å². The molecule has 0 saturated carbocycles. The van der Waals surface area contributed by atoms with Crippen LogP contribution in [0.2, 0.25) is 5.02 Å². The lowest BCUT2D eigenvalue weighted by Gasteiger charge is -2.33. The van der Waals surface area contributed by atoms with Crippen molar-refractivity contribution >= 4 is 29.4 Å². The predicted octanol–water partition coefficient (Wildman–Crippen LogP) is 2.62. The Morgan fingerprint density at radius 1 is 1.07 bits per heavy atom. The van der Waals surface area contributed by atoms with Crippen LogP contribution in [0.1, 0.15) is 39.2 Å². The summed E-state index contributed by atoms with van der Waals surface area (Å²) in [6.45, 7) is 8.97. The fourth-order valence-electron chi connectivity index (χ4n) is 2.67. The SMILES string of the molecule is CC(C)(C)NC(=O)C1CCN(Cc2ccc(Cl)cc2)CC1.O=C(O)C(=O)O. The van der Waals surface area contributed by atoms with Crippen LogP contribution in [-0.2, 0) is 20.9 Å². The number of amides is 1. The summed E-state index contributed by atoms with van der Waals surface area (Å²) in [6.07, 6.45) is 1.88. The van der Waals surface area contributed by atoms with Crippen molar-refractivity contribution in [2.45, 2.75) is 45.7 Å². The minimum absolute atomic E-state index is 0.141. The highest BCUT2D eigenvalue weighted by molar-refractivity contribution is 6.30. The molecule has 1 heterocycles. The van der Waals surface area contributed by atoms with Gasteiger partial charge in [-0.15, -0.1) is 0 Å². The summed E-state index contributed by atoms with van der Waals surface area (Å²) in [5.74, 6) is -3.29. The van der Waals surface area contributed by atoms with Crippen molar-refractivity contribution in [1.29, 1.82) is 0 Å². The fourth-order valence-corrected chi connectivity index (χ4v) is 2.80. The van der Waals surface area contributed by atoms with Gasteiger partial charge in [0.05, 0.1) is 0 Å². The van der Waals surface area contributed by atoms with Gasteiger partial charge in [0.25, 0.3) is 0 Å². The Labute approximate surface area is 164 Å². The summed E-state index contributed by atoms with van der Waals surface area (Å²) in [5, 5.41) is 18.6. The zero-order valence-electron chi connectivity index (χ0n) is 15.9. The lowest BCUT2D eigenvalue weighted by atomic mass is 9.94. The van der Waals surface area contributed by atoms with Crippen LogP contribution in [0.4, 0.5) is 0 Å². The van der Waals surface area contributed by atoms with Crippen LogP contribution in [0, 0.1) is 5.92 Å². The number of nitrogens with one attached hydrogen (secondary N) is 1. The highest BCUT2D eigenvalue weighted by Crippen LogP contribution is 2.20. The van der Waals surface area contributed by atoms with Gasteiger partial charge in [-0.2, -0.15) is 0 Å². The molecule has 0 atom stereocenters. The van der Waals surface area contributed by atoms with Gasteiger partial charge in [0.1, 0.15) is 0 Å². The number of hydrogen-bond acceptors (Lipinski definition) is 4. The first kappa shape index (κ1) is 22.9. The van der Waals surface area contributed by atoms with Gasteiger partial charge < -0.3 is 15.5 Å². The molecule has 1 aliphatic rings. The highest BCUT2D eigenvalue weighted by Gasteiger charge is 2.27. The van der Waals surface area contributed by atoms with Gasteiger partial charge in [-0.3, -0.25) is 9.69 Å². The van der Waals surface area contributed by atoms with Crippen molar-refractivity contribution in [3.05, 3.63) is 34.9 Å². The molecule has 7 nitrogen and oxygen atoms in total. The third-order valence-corrected chi connectivity index (χ3v) is 4.21. The predicted molar refractivity (Wildman–Crippen MR) is 103 cm³/mol. The molecule has 1 aromatic carbocycles. The van der Waals surface area contributed by atoms with Crippen molar-refractivity contribution < 1.29 is 24.6 Å². The third kappa shape index (κ3) is 9.40. The number of nitrogens with zero attached hydrogens (tertiary/aromatic N) is 1. The molecule has 27 heavy (non-hydrogen) atoms. The molecule has 0 spiro atoms. The number of hydrogen-bond donors (Lipinski definition) is 3. The second-order valence-electron chi connectivity index (χ2n) is 7.53. The molecular formula is C19H27ClN2O5. The van der Waals surface area contributed by atoms with E-state index in [0.29, 0.717) is 0 Å². The molecule has 1 aliphatic heterocycles. The fraction of sp³-hybridized carbons (Fsp3) is 0.526. The molecule has 2 rings (SSSR count). The van der Waals surface area contributed by atoms with E-state index < -0.39 is 11.9 Å². The maximum absolute atomic E-state index is 12.2. The van der Waals surface area contributed by atoms with Crippen molar-refractivity contribution in [3.8, 4) is 0 Å². The summed E-state index contributed by atoms with van der Waals surface area (Å²) in [4.78, 5) is 32.8. The van der Waals surface area contributed by atoms with E-state index in [2.05, 4.69) is 22.3 Å². The molecule has 0 bridgehead atoms. The van der Waals surface area contributed by atoms with E-state index in [1.807, 2.05) is 32.9 Å². The van der Waals surface area contributed by atoms with Crippen LogP contribution < -0.4 is 5.32 Å². The number of likely N-dealkylation sites (tertiary alicyclic amines) is 1. The third-order valence-electron chi connectivity index (χ3n) is 3.96. The number of carboxylic acid groups (broad SMARTS) is 2. The molecule has 1 aromatic rings. The van der Waals surface area contributed by atoms with E-state index in [9.17, 15) is 4.79 Å². The lowest BCUT2D eigenvalue weighted by Crippen LogP contribution is -2.46. The van der Waals surface area contributed by atoms with Crippen LogP contribution in [0.15, 0.2) is 24.3 Å². The molecular weight excluding hydrogens is 372 g/mol. The van der Waals surface area contributed by atoms with E-state index in [-0.39, 0.29) is 17.4 Å². The molecule has 0 aromatic heterocycles. The quantitative estimate of drug-likeness (QED) is 0.675. The Balaban J connectivity index is 0.000000527. The van der Waals surface area contributed by atoms with Crippen LogP contribution in [0.3, 0.4) is 0 Å². The molecule has 150 valence electrons. The van der Waals surface area contributed by atoms with Gasteiger partial charge >= 0.3 is 11.9 Å². The van der Waals surface area contributed by atoms with Crippen LogP contribution in [0.5, 0.6) is 0 Å². The first-order valence-electron chi connectivity index (χ1n) is 8.73. The number of halogens is 1.